The van der Waals surface area contributed by atoms with Crippen LogP contribution in [0.15, 0.2) is 35.5 Å². The lowest BCUT2D eigenvalue weighted by atomic mass is 10.3. The number of nitrogens with one attached hydrogen (secondary N) is 1. The van der Waals surface area contributed by atoms with Crippen LogP contribution in [0.2, 0.25) is 0 Å². The summed E-state index contributed by atoms with van der Waals surface area (Å²) in [7, 11) is -4.22. The van der Waals surface area contributed by atoms with Crippen LogP contribution in [0.3, 0.4) is 0 Å². The Hall–Kier alpha value is -2.14. The fraction of sp³-hybridized carbons (Fsp3) is 0.333. The van der Waals surface area contributed by atoms with E-state index in [0.717, 1.165) is 12.1 Å². The molecular weight excluding hydrogens is 337 g/mol. The Balaban J connectivity index is 2.23. The molecule has 2 rings (SSSR count). The van der Waals surface area contributed by atoms with Gasteiger partial charge in [0.1, 0.15) is 22.8 Å². The third-order valence-electron chi connectivity index (χ3n) is 2.82. The molecule has 0 amide bonds. The Morgan fingerprint density at radius 1 is 1.30 bits per heavy atom. The third kappa shape index (κ3) is 4.42. The van der Waals surface area contributed by atoms with Gasteiger partial charge in [0.25, 0.3) is 0 Å². The Morgan fingerprint density at radius 3 is 2.65 bits per heavy atom. The molecule has 0 atom stereocenters. The molecule has 0 saturated heterocycles. The van der Waals surface area contributed by atoms with E-state index in [0.29, 0.717) is 12.4 Å². The number of aryl methyl sites for hydroxylation is 1. The van der Waals surface area contributed by atoms with Gasteiger partial charge >= 0.3 is 6.36 Å². The van der Waals surface area contributed by atoms with Crippen LogP contribution >= 0.6 is 0 Å². The number of sulfonamides is 1. The fourth-order valence-electron chi connectivity index (χ4n) is 1.80. The topological polar surface area (TPSA) is 86.1 Å². The Morgan fingerprint density at radius 2 is 2.00 bits per heavy atom. The number of hydrogen-bond donors (Lipinski definition) is 1. The van der Waals surface area contributed by atoms with Gasteiger partial charge in [0.05, 0.1) is 6.54 Å². The lowest BCUT2D eigenvalue weighted by molar-refractivity contribution is -0.275. The summed E-state index contributed by atoms with van der Waals surface area (Å²) >= 11 is 0. The predicted molar refractivity (Wildman–Crippen MR) is 72.8 cm³/mol. The van der Waals surface area contributed by atoms with Gasteiger partial charge in [-0.1, -0.05) is 12.1 Å². The first-order chi connectivity index (χ1) is 10.7. The molecular formula is C12H13F3N4O3S. The van der Waals surface area contributed by atoms with Crippen LogP contribution in [0.5, 0.6) is 5.75 Å². The van der Waals surface area contributed by atoms with Gasteiger partial charge in [0, 0.05) is 6.54 Å². The van der Waals surface area contributed by atoms with Crippen LogP contribution in [-0.4, -0.2) is 29.5 Å². The van der Waals surface area contributed by atoms with E-state index >= 15 is 0 Å². The summed E-state index contributed by atoms with van der Waals surface area (Å²) in [4.78, 5) is -0.611. The van der Waals surface area contributed by atoms with Gasteiger partial charge in [-0.15, -0.1) is 23.4 Å². The molecule has 0 radical (unpaired) electrons. The molecule has 7 nitrogen and oxygen atoms in total. The summed E-state index contributed by atoms with van der Waals surface area (Å²) < 4.78 is 69.0. The highest BCUT2D eigenvalue weighted by molar-refractivity contribution is 7.89. The molecule has 126 valence electrons. The van der Waals surface area contributed by atoms with Gasteiger partial charge in [-0.2, -0.15) is 0 Å². The molecule has 0 aliphatic rings. The second-order valence-electron chi connectivity index (χ2n) is 4.35. The van der Waals surface area contributed by atoms with Gasteiger partial charge in [0.2, 0.25) is 10.0 Å². The highest BCUT2D eigenvalue weighted by Gasteiger charge is 2.34. The smallest absolute Gasteiger partial charge is 0.404 e. The van der Waals surface area contributed by atoms with Crippen LogP contribution < -0.4 is 9.46 Å². The average Bonchev–Trinajstić information content (AvgIpc) is 2.91. The Labute approximate surface area is 130 Å². The molecule has 0 fully saturated rings. The van der Waals surface area contributed by atoms with E-state index in [-0.39, 0.29) is 6.54 Å². The zero-order valence-corrected chi connectivity index (χ0v) is 12.7. The molecule has 1 aromatic carbocycles. The standard InChI is InChI=1S/C12H13F3N4O3S/c1-2-19-8-16-18-11(19)7-17-23(20,21)10-6-4-3-5-9(10)22-12(13,14)15/h3-6,8,17H,2,7H2,1H3. The van der Waals surface area contributed by atoms with Crippen molar-refractivity contribution >= 4 is 10.0 Å². The van der Waals surface area contributed by atoms with Crippen molar-refractivity contribution in [3.63, 3.8) is 0 Å². The van der Waals surface area contributed by atoms with Crippen molar-refractivity contribution in [3.05, 3.63) is 36.4 Å². The van der Waals surface area contributed by atoms with Crippen molar-refractivity contribution in [3.8, 4) is 5.75 Å². The first-order valence-electron chi connectivity index (χ1n) is 6.44. The van der Waals surface area contributed by atoms with Gasteiger partial charge < -0.3 is 9.30 Å². The summed E-state index contributed by atoms with van der Waals surface area (Å²) in [6.07, 6.45) is -3.57. The molecule has 1 aromatic heterocycles. The number of rotatable bonds is 6. The minimum Gasteiger partial charge on any atom is -0.404 e. The van der Waals surface area contributed by atoms with E-state index in [2.05, 4.69) is 19.7 Å². The first-order valence-corrected chi connectivity index (χ1v) is 7.92. The number of halogens is 3. The molecule has 1 heterocycles. The molecule has 0 aliphatic heterocycles. The zero-order chi connectivity index (χ0) is 17.1. The lowest BCUT2D eigenvalue weighted by Gasteiger charge is -2.13. The quantitative estimate of drug-likeness (QED) is 0.857. The molecule has 0 aliphatic carbocycles. The summed E-state index contributed by atoms with van der Waals surface area (Å²) in [5.41, 5.74) is 0. The maximum absolute atomic E-state index is 12.4. The number of hydrogen-bond acceptors (Lipinski definition) is 5. The maximum atomic E-state index is 12.4. The molecule has 23 heavy (non-hydrogen) atoms. The van der Waals surface area contributed by atoms with Crippen molar-refractivity contribution < 1.29 is 26.3 Å². The van der Waals surface area contributed by atoms with Crippen LogP contribution in [0.1, 0.15) is 12.7 Å². The van der Waals surface area contributed by atoms with E-state index in [9.17, 15) is 21.6 Å². The highest BCUT2D eigenvalue weighted by Crippen LogP contribution is 2.29. The summed E-state index contributed by atoms with van der Waals surface area (Å²) in [5, 5.41) is 7.38. The number of nitrogens with zero attached hydrogens (tertiary/aromatic N) is 3. The van der Waals surface area contributed by atoms with Crippen LogP contribution in [0.25, 0.3) is 0 Å². The largest absolute Gasteiger partial charge is 0.573 e. The minimum absolute atomic E-state index is 0.212. The van der Waals surface area contributed by atoms with Gasteiger partial charge in [-0.3, -0.25) is 0 Å². The zero-order valence-electron chi connectivity index (χ0n) is 11.9. The maximum Gasteiger partial charge on any atom is 0.573 e. The molecule has 1 N–H and O–H groups in total. The molecule has 0 spiro atoms. The molecule has 0 saturated carbocycles. The second-order valence-corrected chi connectivity index (χ2v) is 6.09. The second kappa shape index (κ2) is 6.54. The summed E-state index contributed by atoms with van der Waals surface area (Å²) in [6.45, 7) is 2.13. The number of aromatic nitrogens is 3. The fourth-order valence-corrected chi connectivity index (χ4v) is 2.91. The predicted octanol–water partition coefficient (Wildman–Crippen LogP) is 1.68. The number of benzene rings is 1. The van der Waals surface area contributed by atoms with E-state index in [4.69, 9.17) is 0 Å². The monoisotopic (exact) mass is 350 g/mol. The van der Waals surface area contributed by atoms with Gasteiger partial charge in [-0.25, -0.2) is 13.1 Å². The molecule has 2 aromatic rings. The minimum atomic E-state index is -4.99. The first kappa shape index (κ1) is 17.2. The van der Waals surface area contributed by atoms with Crippen molar-refractivity contribution in [2.24, 2.45) is 0 Å². The highest BCUT2D eigenvalue weighted by atomic mass is 32.2. The van der Waals surface area contributed by atoms with Crippen LogP contribution in [0, 0.1) is 0 Å². The number of alkyl halides is 3. The van der Waals surface area contributed by atoms with Gasteiger partial charge in [-0.05, 0) is 19.1 Å². The number of ether oxygens (including phenoxy) is 1. The Kier molecular flexibility index (Phi) is 4.90. The number of para-hydroxylation sites is 1. The van der Waals surface area contributed by atoms with Gasteiger partial charge in [0.15, 0.2) is 0 Å². The van der Waals surface area contributed by atoms with E-state index in [1.807, 2.05) is 6.92 Å². The van der Waals surface area contributed by atoms with Crippen LogP contribution in [-0.2, 0) is 23.1 Å². The Bertz CT molecular complexity index is 774. The third-order valence-corrected chi connectivity index (χ3v) is 4.26. The SMILES string of the molecule is CCn1cnnc1CNS(=O)(=O)c1ccccc1OC(F)(F)F. The average molecular weight is 350 g/mol. The molecule has 11 heteroatoms. The summed E-state index contributed by atoms with van der Waals surface area (Å²) in [6, 6.07) is 4.49. The van der Waals surface area contributed by atoms with Crippen molar-refractivity contribution in [2.45, 2.75) is 31.3 Å². The lowest BCUT2D eigenvalue weighted by Crippen LogP contribution is -2.26. The van der Waals surface area contributed by atoms with Crippen molar-refractivity contribution in [1.29, 1.82) is 0 Å². The van der Waals surface area contributed by atoms with E-state index in [1.54, 1.807) is 4.57 Å². The van der Waals surface area contributed by atoms with E-state index < -0.39 is 27.0 Å². The van der Waals surface area contributed by atoms with Crippen molar-refractivity contribution in [1.82, 2.24) is 19.5 Å². The normalized spacial score (nSPS) is 12.3. The molecule has 0 unspecified atom stereocenters. The summed E-state index contributed by atoms with van der Waals surface area (Å²) in [5.74, 6) is -0.463. The molecule has 0 bridgehead atoms. The van der Waals surface area contributed by atoms with Crippen LogP contribution in [0.4, 0.5) is 13.2 Å². The van der Waals surface area contributed by atoms with Crippen molar-refractivity contribution in [2.75, 3.05) is 0 Å². The van der Waals surface area contributed by atoms with E-state index in [1.165, 1.54) is 18.5 Å².